The van der Waals surface area contributed by atoms with Gasteiger partial charge in [0.2, 0.25) is 0 Å². The molecule has 3 nitrogen and oxygen atoms in total. The van der Waals surface area contributed by atoms with Gasteiger partial charge in [-0.05, 0) is 18.6 Å². The molecule has 0 radical (unpaired) electrons. The lowest BCUT2D eigenvalue weighted by Crippen LogP contribution is -2.06. The van der Waals surface area contributed by atoms with Crippen LogP contribution >= 0.6 is 0 Å². The molecule has 0 unspecified atom stereocenters. The third-order valence-corrected chi connectivity index (χ3v) is 2.53. The van der Waals surface area contributed by atoms with Crippen molar-refractivity contribution < 1.29 is 13.2 Å². The van der Waals surface area contributed by atoms with Crippen molar-refractivity contribution in [3.63, 3.8) is 0 Å². The largest absolute Gasteiger partial charge is 0.368 e. The Hall–Kier alpha value is -2.11. The van der Waals surface area contributed by atoms with Crippen molar-refractivity contribution in [2.45, 2.75) is 13.3 Å². The molecule has 2 rings (SSSR count). The van der Waals surface area contributed by atoms with Crippen LogP contribution in [0.2, 0.25) is 0 Å². The smallest absolute Gasteiger partial charge is 0.195 e. The Labute approximate surface area is 108 Å². The van der Waals surface area contributed by atoms with Crippen LogP contribution in [-0.4, -0.2) is 16.5 Å². The molecule has 1 heterocycles. The summed E-state index contributed by atoms with van der Waals surface area (Å²) in [5.74, 6) is -3.66. The van der Waals surface area contributed by atoms with Gasteiger partial charge in [-0.3, -0.25) is 4.98 Å². The number of hydrogen-bond donors (Lipinski definition) is 1. The summed E-state index contributed by atoms with van der Waals surface area (Å²) in [5, 5.41) is 2.97. The van der Waals surface area contributed by atoms with E-state index in [4.69, 9.17) is 0 Å². The normalized spacial score (nSPS) is 10.5. The predicted molar refractivity (Wildman–Crippen MR) is 66.1 cm³/mol. The van der Waals surface area contributed by atoms with E-state index in [2.05, 4.69) is 15.3 Å². The fourth-order valence-corrected chi connectivity index (χ4v) is 1.62. The molecule has 0 amide bonds. The van der Waals surface area contributed by atoms with Gasteiger partial charge in [-0.15, -0.1) is 0 Å². The van der Waals surface area contributed by atoms with Gasteiger partial charge in [0.25, 0.3) is 0 Å². The van der Waals surface area contributed by atoms with Gasteiger partial charge in [-0.2, -0.15) is 0 Å². The van der Waals surface area contributed by atoms with Crippen molar-refractivity contribution in [2.75, 3.05) is 11.9 Å². The van der Waals surface area contributed by atoms with Crippen LogP contribution < -0.4 is 5.32 Å². The lowest BCUT2D eigenvalue weighted by atomic mass is 10.1. The summed E-state index contributed by atoms with van der Waals surface area (Å²) in [6.07, 6.45) is 3.66. The maximum atomic E-state index is 13.7. The van der Waals surface area contributed by atoms with E-state index in [1.165, 1.54) is 12.4 Å². The van der Waals surface area contributed by atoms with Crippen molar-refractivity contribution in [2.24, 2.45) is 0 Å². The van der Waals surface area contributed by atoms with E-state index in [0.29, 0.717) is 12.4 Å². The van der Waals surface area contributed by atoms with E-state index in [9.17, 15) is 13.2 Å². The second-order valence-corrected chi connectivity index (χ2v) is 3.90. The van der Waals surface area contributed by atoms with Crippen LogP contribution in [0.4, 0.5) is 19.0 Å². The number of anilines is 1. The zero-order valence-corrected chi connectivity index (χ0v) is 10.3. The molecule has 0 spiro atoms. The fourth-order valence-electron chi connectivity index (χ4n) is 1.62. The molecule has 0 aliphatic carbocycles. The third-order valence-electron chi connectivity index (χ3n) is 2.53. The van der Waals surface area contributed by atoms with Gasteiger partial charge >= 0.3 is 0 Å². The molecular weight excluding hydrogens is 255 g/mol. The Morgan fingerprint density at radius 3 is 2.53 bits per heavy atom. The summed E-state index contributed by atoms with van der Waals surface area (Å²) in [6, 6.07) is 2.01. The van der Waals surface area contributed by atoms with Crippen molar-refractivity contribution in [1.82, 2.24) is 9.97 Å². The SMILES string of the molecule is CCCNc1nccnc1-c1ccc(F)c(F)c1F. The average Bonchev–Trinajstić information content (AvgIpc) is 2.43. The Kier molecular flexibility index (Phi) is 3.99. The number of rotatable bonds is 4. The highest BCUT2D eigenvalue weighted by Crippen LogP contribution is 2.28. The molecule has 100 valence electrons. The van der Waals surface area contributed by atoms with Crippen molar-refractivity contribution in [1.29, 1.82) is 0 Å². The molecule has 1 aromatic carbocycles. The van der Waals surface area contributed by atoms with Crippen molar-refractivity contribution >= 4 is 5.82 Å². The minimum absolute atomic E-state index is 0.120. The summed E-state index contributed by atoms with van der Waals surface area (Å²) >= 11 is 0. The molecule has 0 saturated heterocycles. The molecule has 19 heavy (non-hydrogen) atoms. The topological polar surface area (TPSA) is 37.8 Å². The zero-order valence-electron chi connectivity index (χ0n) is 10.3. The van der Waals surface area contributed by atoms with Crippen molar-refractivity contribution in [3.05, 3.63) is 42.0 Å². The second kappa shape index (κ2) is 5.69. The molecule has 0 aliphatic heterocycles. The van der Waals surface area contributed by atoms with Gasteiger partial charge in [0.15, 0.2) is 23.3 Å². The van der Waals surface area contributed by atoms with Crippen LogP contribution in [0.25, 0.3) is 11.3 Å². The highest BCUT2D eigenvalue weighted by Gasteiger charge is 2.18. The van der Waals surface area contributed by atoms with Crippen molar-refractivity contribution in [3.8, 4) is 11.3 Å². The highest BCUT2D eigenvalue weighted by molar-refractivity contribution is 5.71. The molecule has 0 fully saturated rings. The summed E-state index contributed by atoms with van der Waals surface area (Å²) in [5.41, 5.74) is 0.0398. The monoisotopic (exact) mass is 267 g/mol. The summed E-state index contributed by atoms with van der Waals surface area (Å²) in [4.78, 5) is 8.01. The first-order valence-corrected chi connectivity index (χ1v) is 5.84. The van der Waals surface area contributed by atoms with Crippen LogP contribution in [0.3, 0.4) is 0 Å². The third kappa shape index (κ3) is 2.67. The number of benzene rings is 1. The highest BCUT2D eigenvalue weighted by atomic mass is 19.2. The molecule has 0 aliphatic rings. The maximum absolute atomic E-state index is 13.7. The molecule has 0 atom stereocenters. The Balaban J connectivity index is 2.50. The number of hydrogen-bond acceptors (Lipinski definition) is 3. The lowest BCUT2D eigenvalue weighted by Gasteiger charge is -2.10. The first kappa shape index (κ1) is 13.3. The predicted octanol–water partition coefficient (Wildman–Crippen LogP) is 3.38. The van der Waals surface area contributed by atoms with E-state index >= 15 is 0 Å². The van der Waals surface area contributed by atoms with Crippen LogP contribution in [0, 0.1) is 17.5 Å². The standard InChI is InChI=1S/C13H12F3N3/c1-2-5-18-13-12(17-6-7-19-13)8-3-4-9(14)11(16)10(8)15/h3-4,6-7H,2,5H2,1H3,(H,18,19). The molecule has 0 bridgehead atoms. The van der Waals surface area contributed by atoms with Gasteiger partial charge in [-0.1, -0.05) is 6.92 Å². The minimum Gasteiger partial charge on any atom is -0.368 e. The molecule has 2 aromatic rings. The van der Waals surface area contributed by atoms with Gasteiger partial charge in [0.05, 0.1) is 0 Å². The number of nitrogens with zero attached hydrogens (tertiary/aromatic N) is 2. The second-order valence-electron chi connectivity index (χ2n) is 3.90. The first-order valence-electron chi connectivity index (χ1n) is 5.84. The Morgan fingerprint density at radius 1 is 1.05 bits per heavy atom. The molecular formula is C13H12F3N3. The average molecular weight is 267 g/mol. The minimum atomic E-state index is -1.51. The van der Waals surface area contributed by atoms with E-state index in [1.54, 1.807) is 0 Å². The quantitative estimate of drug-likeness (QED) is 0.863. The molecule has 6 heteroatoms. The Bertz CT molecular complexity index is 587. The lowest BCUT2D eigenvalue weighted by molar-refractivity contribution is 0.449. The van der Waals surface area contributed by atoms with Gasteiger partial charge < -0.3 is 5.32 Å². The maximum Gasteiger partial charge on any atom is 0.195 e. The summed E-state index contributed by atoms with van der Waals surface area (Å²) in [6.45, 7) is 2.58. The summed E-state index contributed by atoms with van der Waals surface area (Å²) in [7, 11) is 0. The van der Waals surface area contributed by atoms with E-state index < -0.39 is 17.5 Å². The van der Waals surface area contributed by atoms with Gasteiger partial charge in [0.1, 0.15) is 5.69 Å². The van der Waals surface area contributed by atoms with Gasteiger partial charge in [0, 0.05) is 24.5 Å². The number of nitrogens with one attached hydrogen (secondary N) is 1. The molecule has 1 aromatic heterocycles. The molecule has 1 N–H and O–H groups in total. The van der Waals surface area contributed by atoms with Crippen LogP contribution in [0.15, 0.2) is 24.5 Å². The van der Waals surface area contributed by atoms with E-state index in [1.807, 2.05) is 6.92 Å². The van der Waals surface area contributed by atoms with Crippen LogP contribution in [0.5, 0.6) is 0 Å². The summed E-state index contributed by atoms with van der Waals surface area (Å²) < 4.78 is 39.9. The zero-order chi connectivity index (χ0) is 13.8. The number of halogens is 3. The van der Waals surface area contributed by atoms with E-state index in [0.717, 1.165) is 18.6 Å². The number of aromatic nitrogens is 2. The first-order chi connectivity index (χ1) is 9.15. The van der Waals surface area contributed by atoms with Gasteiger partial charge in [-0.25, -0.2) is 18.2 Å². The van der Waals surface area contributed by atoms with Crippen LogP contribution in [0.1, 0.15) is 13.3 Å². The Morgan fingerprint density at radius 2 is 1.79 bits per heavy atom. The van der Waals surface area contributed by atoms with Crippen LogP contribution in [-0.2, 0) is 0 Å². The fraction of sp³-hybridized carbons (Fsp3) is 0.231. The molecule has 0 saturated carbocycles. The van der Waals surface area contributed by atoms with E-state index in [-0.39, 0.29) is 11.3 Å².